The second kappa shape index (κ2) is 14.0. The predicted octanol–water partition coefficient (Wildman–Crippen LogP) is 6.10. The lowest BCUT2D eigenvalue weighted by atomic mass is 10.1. The molecule has 0 aliphatic carbocycles. The number of likely N-dealkylation sites (tertiary alicyclic amines) is 2. The average Bonchev–Trinajstić information content (AvgIpc) is 4.00. The predicted molar refractivity (Wildman–Crippen MR) is 199 cm³/mol. The summed E-state index contributed by atoms with van der Waals surface area (Å²) >= 11 is 0. The molecule has 0 saturated carbocycles. The molecule has 2 saturated heterocycles. The number of anilines is 2. The maximum atomic E-state index is 13.3. The number of H-pyrrole nitrogens is 2. The highest BCUT2D eigenvalue weighted by atomic mass is 16.2. The second-order valence-electron chi connectivity index (χ2n) is 13.1. The van der Waals surface area contributed by atoms with Crippen LogP contribution < -0.4 is 10.6 Å². The van der Waals surface area contributed by atoms with Gasteiger partial charge < -0.3 is 30.4 Å². The Morgan fingerprint density at radius 3 is 1.38 bits per heavy atom. The summed E-state index contributed by atoms with van der Waals surface area (Å²) in [4.78, 5) is 71.1. The van der Waals surface area contributed by atoms with Crippen LogP contribution in [0.1, 0.15) is 58.0 Å². The number of rotatable bonds is 8. The lowest BCUT2D eigenvalue weighted by Gasteiger charge is -2.23. The fourth-order valence-electron chi connectivity index (χ4n) is 6.94. The SMILES string of the molecule is O=C(Nc1ccc(C=Cc2ccc(NC(=O)[C@@H]3CCCN3C(=O)c3nc4ccccc4[nH]3)cc2)cc1)[C@@H]1CCCN1C(=O)c1nc2ccccc2[nH]1. The molecule has 2 aromatic heterocycles. The molecular formula is C40H36N8O4. The van der Waals surface area contributed by atoms with Crippen LogP contribution in [0.3, 0.4) is 0 Å². The molecule has 4 heterocycles. The molecule has 4 N–H and O–H groups in total. The minimum Gasteiger partial charge on any atom is -0.334 e. The number of nitrogens with one attached hydrogen (secondary N) is 4. The molecule has 260 valence electrons. The first kappa shape index (κ1) is 32.6. The third kappa shape index (κ3) is 6.65. The van der Waals surface area contributed by atoms with E-state index in [2.05, 4.69) is 30.6 Å². The van der Waals surface area contributed by atoms with Gasteiger partial charge in [0.2, 0.25) is 11.8 Å². The Hall–Kier alpha value is -6.56. The van der Waals surface area contributed by atoms with Gasteiger partial charge in [0.15, 0.2) is 11.6 Å². The van der Waals surface area contributed by atoms with E-state index in [-0.39, 0.29) is 35.3 Å². The first-order valence-corrected chi connectivity index (χ1v) is 17.4. The number of carbonyl (C=O) groups excluding carboxylic acids is 4. The van der Waals surface area contributed by atoms with Crippen LogP contribution in [0.25, 0.3) is 34.2 Å². The van der Waals surface area contributed by atoms with E-state index in [0.29, 0.717) is 48.3 Å². The zero-order chi connectivity index (χ0) is 35.6. The van der Waals surface area contributed by atoms with E-state index >= 15 is 0 Å². The summed E-state index contributed by atoms with van der Waals surface area (Å²) in [7, 11) is 0. The van der Waals surface area contributed by atoms with Gasteiger partial charge in [0, 0.05) is 24.5 Å². The molecule has 4 amide bonds. The standard InChI is InChI=1S/C40H36N8O4/c49-37(33-11-5-23-47(33)39(51)35-43-29-7-1-2-8-30(29)44-35)41-27-19-15-25(16-20-27)13-14-26-17-21-28(22-18-26)42-38(50)34-12-6-24-48(34)40(52)36-45-31-9-3-4-10-32(31)46-36/h1-4,7-10,13-22,33-34H,5-6,11-12,23-24H2,(H,41,49)(H,42,50)(H,43,44)(H,45,46)/t33-,34-/m0/s1. The Kier molecular flexibility index (Phi) is 8.78. The van der Waals surface area contributed by atoms with Crippen molar-refractivity contribution in [3.63, 3.8) is 0 Å². The van der Waals surface area contributed by atoms with Gasteiger partial charge in [-0.1, -0.05) is 60.7 Å². The number of benzene rings is 4. The molecule has 0 bridgehead atoms. The van der Waals surface area contributed by atoms with Crippen LogP contribution in [0, 0.1) is 0 Å². The summed E-state index contributed by atoms with van der Waals surface area (Å²) in [5.41, 5.74) is 6.15. The van der Waals surface area contributed by atoms with Gasteiger partial charge in [-0.15, -0.1) is 0 Å². The van der Waals surface area contributed by atoms with Crippen molar-refractivity contribution in [3.8, 4) is 0 Å². The Bertz CT molecular complexity index is 2100. The van der Waals surface area contributed by atoms with Gasteiger partial charge in [0.05, 0.1) is 22.1 Å². The van der Waals surface area contributed by atoms with E-state index in [1.165, 1.54) is 0 Å². The third-order valence-electron chi connectivity index (χ3n) is 9.64. The monoisotopic (exact) mass is 692 g/mol. The number of carbonyl (C=O) groups is 4. The fraction of sp³-hybridized carbons (Fsp3) is 0.200. The van der Waals surface area contributed by atoms with Crippen LogP contribution in [-0.2, 0) is 9.59 Å². The summed E-state index contributed by atoms with van der Waals surface area (Å²) < 4.78 is 0. The minimum absolute atomic E-state index is 0.226. The second-order valence-corrected chi connectivity index (χ2v) is 13.1. The summed E-state index contributed by atoms with van der Waals surface area (Å²) in [6, 6.07) is 28.7. The first-order valence-electron chi connectivity index (χ1n) is 17.4. The van der Waals surface area contributed by atoms with E-state index in [1.807, 2.05) is 109 Å². The van der Waals surface area contributed by atoms with E-state index < -0.39 is 12.1 Å². The van der Waals surface area contributed by atoms with Crippen molar-refractivity contribution in [1.82, 2.24) is 29.7 Å². The normalized spacial score (nSPS) is 17.3. The molecule has 2 aliphatic heterocycles. The number of aromatic amines is 2. The largest absolute Gasteiger partial charge is 0.334 e. The van der Waals surface area contributed by atoms with Gasteiger partial charge in [-0.25, -0.2) is 9.97 Å². The fourth-order valence-corrected chi connectivity index (χ4v) is 6.94. The highest BCUT2D eigenvalue weighted by Crippen LogP contribution is 2.25. The number of amides is 4. The minimum atomic E-state index is -0.574. The Morgan fingerprint density at radius 2 is 0.981 bits per heavy atom. The van der Waals surface area contributed by atoms with Gasteiger partial charge >= 0.3 is 0 Å². The van der Waals surface area contributed by atoms with Gasteiger partial charge in [-0.2, -0.15) is 0 Å². The topological polar surface area (TPSA) is 156 Å². The van der Waals surface area contributed by atoms with Gasteiger partial charge in [0.25, 0.3) is 11.8 Å². The number of fused-ring (bicyclic) bond motifs is 2. The number of aromatic nitrogens is 4. The van der Waals surface area contributed by atoms with Gasteiger partial charge in [-0.3, -0.25) is 19.2 Å². The smallest absolute Gasteiger partial charge is 0.290 e. The van der Waals surface area contributed by atoms with Crippen molar-refractivity contribution in [2.24, 2.45) is 0 Å². The number of para-hydroxylation sites is 4. The van der Waals surface area contributed by atoms with Crippen molar-refractivity contribution in [2.75, 3.05) is 23.7 Å². The molecule has 0 unspecified atom stereocenters. The van der Waals surface area contributed by atoms with Crippen LogP contribution >= 0.6 is 0 Å². The zero-order valence-corrected chi connectivity index (χ0v) is 28.2. The molecule has 6 aromatic rings. The average molecular weight is 693 g/mol. The van der Waals surface area contributed by atoms with Crippen LogP contribution in [0.4, 0.5) is 11.4 Å². The van der Waals surface area contributed by atoms with Crippen molar-refractivity contribution in [2.45, 2.75) is 37.8 Å². The van der Waals surface area contributed by atoms with Crippen molar-refractivity contribution in [3.05, 3.63) is 120 Å². The lowest BCUT2D eigenvalue weighted by Crippen LogP contribution is -2.43. The number of imidazole rings is 2. The number of nitrogens with zero attached hydrogens (tertiary/aromatic N) is 4. The molecule has 52 heavy (non-hydrogen) atoms. The number of hydrogen-bond donors (Lipinski definition) is 4. The Balaban J connectivity index is 0.844. The highest BCUT2D eigenvalue weighted by Gasteiger charge is 2.37. The van der Waals surface area contributed by atoms with Crippen LogP contribution in [-0.4, -0.2) is 78.5 Å². The molecule has 12 nitrogen and oxygen atoms in total. The van der Waals surface area contributed by atoms with Crippen molar-refractivity contribution < 1.29 is 19.2 Å². The van der Waals surface area contributed by atoms with Crippen LogP contribution in [0.15, 0.2) is 97.1 Å². The first-order chi connectivity index (χ1) is 25.4. The third-order valence-corrected chi connectivity index (χ3v) is 9.64. The maximum absolute atomic E-state index is 13.3. The quantitative estimate of drug-likeness (QED) is 0.141. The molecule has 2 fully saturated rings. The molecule has 12 heteroatoms. The summed E-state index contributed by atoms with van der Waals surface area (Å²) in [6.45, 7) is 0.991. The van der Waals surface area contributed by atoms with Crippen molar-refractivity contribution >= 4 is 69.2 Å². The van der Waals surface area contributed by atoms with Crippen molar-refractivity contribution in [1.29, 1.82) is 0 Å². The summed E-state index contributed by atoms with van der Waals surface area (Å²) in [6.07, 6.45) is 6.58. The lowest BCUT2D eigenvalue weighted by molar-refractivity contribution is -0.120. The molecule has 0 radical (unpaired) electrons. The molecule has 4 aromatic carbocycles. The summed E-state index contributed by atoms with van der Waals surface area (Å²) in [5, 5.41) is 5.93. The van der Waals surface area contributed by atoms with Gasteiger partial charge in [-0.05, 0) is 85.3 Å². The maximum Gasteiger partial charge on any atom is 0.290 e. The summed E-state index contributed by atoms with van der Waals surface area (Å²) in [5.74, 6) is -0.540. The molecule has 2 atom stereocenters. The van der Waals surface area contributed by atoms with E-state index in [1.54, 1.807) is 9.80 Å². The van der Waals surface area contributed by atoms with Crippen LogP contribution in [0.2, 0.25) is 0 Å². The Labute approximate surface area is 298 Å². The van der Waals surface area contributed by atoms with E-state index in [4.69, 9.17) is 0 Å². The van der Waals surface area contributed by atoms with Crippen LogP contribution in [0.5, 0.6) is 0 Å². The molecular weight excluding hydrogens is 656 g/mol. The number of hydrogen-bond acceptors (Lipinski definition) is 6. The van der Waals surface area contributed by atoms with E-state index in [0.717, 1.165) is 35.0 Å². The zero-order valence-electron chi connectivity index (χ0n) is 28.2. The Morgan fingerprint density at radius 1 is 0.577 bits per heavy atom. The molecule has 8 rings (SSSR count). The molecule has 2 aliphatic rings. The van der Waals surface area contributed by atoms with E-state index in [9.17, 15) is 19.2 Å². The highest BCUT2D eigenvalue weighted by molar-refractivity contribution is 6.02. The van der Waals surface area contributed by atoms with Gasteiger partial charge in [0.1, 0.15) is 12.1 Å². The molecule has 0 spiro atoms.